The lowest BCUT2D eigenvalue weighted by Crippen LogP contribution is -2.48. The van der Waals surface area contributed by atoms with Crippen LogP contribution in [0.4, 0.5) is 5.88 Å². The van der Waals surface area contributed by atoms with Crippen LogP contribution in [0.1, 0.15) is 20.9 Å². The van der Waals surface area contributed by atoms with Gasteiger partial charge in [0, 0.05) is 31.7 Å². The molecule has 5 rings (SSSR count). The third-order valence-corrected chi connectivity index (χ3v) is 6.43. The van der Waals surface area contributed by atoms with Crippen LogP contribution >= 0.6 is 11.3 Å². The van der Waals surface area contributed by atoms with Gasteiger partial charge in [-0.1, -0.05) is 29.8 Å². The highest BCUT2D eigenvalue weighted by Crippen LogP contribution is 2.32. The van der Waals surface area contributed by atoms with Gasteiger partial charge in [-0.3, -0.25) is 4.79 Å². The molecule has 0 radical (unpaired) electrons. The SMILES string of the molecule is Cc1ccc(-c2ccsc2C(=O)N2CCN(c3oc(-c4ccco4)nc3C#N)CC2)cc1. The van der Waals surface area contributed by atoms with Gasteiger partial charge in [0.2, 0.25) is 11.6 Å². The predicted octanol–water partition coefficient (Wildman–Crippen LogP) is 4.81. The Morgan fingerprint density at radius 3 is 2.59 bits per heavy atom. The highest BCUT2D eigenvalue weighted by molar-refractivity contribution is 7.12. The standard InChI is InChI=1S/C24H20N4O3S/c1-16-4-6-17(7-5-16)18-8-14-32-21(18)23(29)27-9-11-28(12-10-27)24-19(15-25)26-22(31-24)20-3-2-13-30-20/h2-8,13-14H,9-12H2,1H3. The van der Waals surface area contributed by atoms with Crippen molar-refractivity contribution in [3.05, 3.63) is 70.2 Å². The number of nitrogens with zero attached hydrogens (tertiary/aromatic N) is 4. The topological polar surface area (TPSA) is 86.5 Å². The van der Waals surface area contributed by atoms with E-state index in [0.717, 1.165) is 16.0 Å². The average Bonchev–Trinajstić information content (AvgIpc) is 3.59. The minimum absolute atomic E-state index is 0.0320. The van der Waals surface area contributed by atoms with Gasteiger partial charge >= 0.3 is 0 Å². The molecule has 0 spiro atoms. The van der Waals surface area contributed by atoms with Gasteiger partial charge in [0.25, 0.3) is 11.8 Å². The van der Waals surface area contributed by atoms with Crippen molar-refractivity contribution < 1.29 is 13.6 Å². The fourth-order valence-electron chi connectivity index (χ4n) is 3.80. The molecule has 0 saturated carbocycles. The second-order valence-electron chi connectivity index (χ2n) is 7.57. The van der Waals surface area contributed by atoms with Crippen LogP contribution < -0.4 is 4.90 Å². The van der Waals surface area contributed by atoms with Crippen LogP contribution in [0.25, 0.3) is 22.8 Å². The summed E-state index contributed by atoms with van der Waals surface area (Å²) in [6.45, 7) is 4.22. The van der Waals surface area contributed by atoms with Gasteiger partial charge in [-0.2, -0.15) is 10.2 Å². The normalized spacial score (nSPS) is 13.9. The Morgan fingerprint density at radius 1 is 1.12 bits per heavy atom. The van der Waals surface area contributed by atoms with Crippen LogP contribution in [0.3, 0.4) is 0 Å². The summed E-state index contributed by atoms with van der Waals surface area (Å²) < 4.78 is 11.2. The van der Waals surface area contributed by atoms with Crippen molar-refractivity contribution in [3.63, 3.8) is 0 Å². The molecule has 0 N–H and O–H groups in total. The highest BCUT2D eigenvalue weighted by Gasteiger charge is 2.29. The second-order valence-corrected chi connectivity index (χ2v) is 8.49. The summed E-state index contributed by atoms with van der Waals surface area (Å²) >= 11 is 1.47. The second kappa shape index (κ2) is 8.36. The Morgan fingerprint density at radius 2 is 1.91 bits per heavy atom. The van der Waals surface area contributed by atoms with Gasteiger partial charge in [0.15, 0.2) is 5.76 Å². The number of furan rings is 1. The van der Waals surface area contributed by atoms with Crippen LogP contribution in [-0.4, -0.2) is 42.0 Å². The van der Waals surface area contributed by atoms with Crippen molar-refractivity contribution in [1.82, 2.24) is 9.88 Å². The van der Waals surface area contributed by atoms with E-state index in [4.69, 9.17) is 8.83 Å². The summed E-state index contributed by atoms with van der Waals surface area (Å²) in [5.41, 5.74) is 3.42. The van der Waals surface area contributed by atoms with E-state index in [-0.39, 0.29) is 17.5 Å². The van der Waals surface area contributed by atoms with E-state index in [1.54, 1.807) is 12.1 Å². The zero-order chi connectivity index (χ0) is 22.1. The number of rotatable bonds is 4. The average molecular weight is 445 g/mol. The van der Waals surface area contributed by atoms with E-state index < -0.39 is 0 Å². The molecule has 1 saturated heterocycles. The van der Waals surface area contributed by atoms with Gasteiger partial charge in [-0.15, -0.1) is 11.3 Å². The monoisotopic (exact) mass is 444 g/mol. The zero-order valence-corrected chi connectivity index (χ0v) is 18.3. The maximum absolute atomic E-state index is 13.3. The number of hydrogen-bond donors (Lipinski definition) is 0. The largest absolute Gasteiger partial charge is 0.459 e. The Bertz CT molecular complexity index is 1270. The first-order valence-corrected chi connectivity index (χ1v) is 11.2. The molecule has 3 aromatic heterocycles. The van der Waals surface area contributed by atoms with E-state index in [0.29, 0.717) is 37.8 Å². The minimum atomic E-state index is 0.0320. The van der Waals surface area contributed by atoms with E-state index in [9.17, 15) is 10.1 Å². The summed E-state index contributed by atoms with van der Waals surface area (Å²) in [4.78, 5) is 22.1. The van der Waals surface area contributed by atoms with Gasteiger partial charge in [0.05, 0.1) is 11.1 Å². The summed E-state index contributed by atoms with van der Waals surface area (Å²) in [7, 11) is 0. The molecule has 0 unspecified atom stereocenters. The maximum atomic E-state index is 13.3. The molecule has 160 valence electrons. The zero-order valence-electron chi connectivity index (χ0n) is 17.4. The molecule has 32 heavy (non-hydrogen) atoms. The lowest BCUT2D eigenvalue weighted by molar-refractivity contribution is 0.0751. The minimum Gasteiger partial charge on any atom is -0.459 e. The van der Waals surface area contributed by atoms with Crippen molar-refractivity contribution in [1.29, 1.82) is 5.26 Å². The number of hydrogen-bond acceptors (Lipinski definition) is 7. The number of amides is 1. The van der Waals surface area contributed by atoms with Gasteiger partial charge in [0.1, 0.15) is 6.07 Å². The van der Waals surface area contributed by atoms with Crippen LogP contribution in [0, 0.1) is 18.3 Å². The molecular weight excluding hydrogens is 424 g/mol. The molecule has 0 bridgehead atoms. The number of aryl methyl sites for hydroxylation is 1. The first-order valence-electron chi connectivity index (χ1n) is 10.3. The Kier molecular flexibility index (Phi) is 5.25. The van der Waals surface area contributed by atoms with Crippen LogP contribution in [0.5, 0.6) is 0 Å². The number of benzene rings is 1. The lowest BCUT2D eigenvalue weighted by atomic mass is 10.0. The number of carbonyl (C=O) groups excluding carboxylic acids is 1. The third kappa shape index (κ3) is 3.67. The van der Waals surface area contributed by atoms with E-state index in [2.05, 4.69) is 35.3 Å². The summed E-state index contributed by atoms with van der Waals surface area (Å²) in [5, 5.41) is 11.4. The van der Waals surface area contributed by atoms with Crippen molar-refractivity contribution in [3.8, 4) is 28.8 Å². The van der Waals surface area contributed by atoms with Crippen molar-refractivity contribution in [2.45, 2.75) is 6.92 Å². The molecule has 8 heteroatoms. The van der Waals surface area contributed by atoms with Crippen molar-refractivity contribution >= 4 is 23.1 Å². The fraction of sp³-hybridized carbons (Fsp3) is 0.208. The molecule has 0 aliphatic carbocycles. The number of thiophene rings is 1. The summed E-state index contributed by atoms with van der Waals surface area (Å²) in [5.74, 6) is 1.20. The molecule has 4 aromatic rings. The lowest BCUT2D eigenvalue weighted by Gasteiger charge is -2.34. The molecule has 4 heterocycles. The van der Waals surface area contributed by atoms with Crippen LogP contribution in [-0.2, 0) is 0 Å². The molecule has 7 nitrogen and oxygen atoms in total. The highest BCUT2D eigenvalue weighted by atomic mass is 32.1. The smallest absolute Gasteiger partial charge is 0.266 e. The number of piperazine rings is 1. The molecule has 1 amide bonds. The third-order valence-electron chi connectivity index (χ3n) is 5.52. The molecule has 1 aliphatic rings. The molecule has 0 atom stereocenters. The summed E-state index contributed by atoms with van der Waals surface area (Å²) in [6.07, 6.45) is 1.53. The number of carbonyl (C=O) groups is 1. The Labute approximate surface area is 189 Å². The predicted molar refractivity (Wildman–Crippen MR) is 122 cm³/mol. The van der Waals surface area contributed by atoms with E-state index in [1.807, 2.05) is 28.2 Å². The van der Waals surface area contributed by atoms with Crippen molar-refractivity contribution in [2.24, 2.45) is 0 Å². The molecular formula is C24H20N4O3S. The number of aromatic nitrogens is 1. The molecule has 1 aliphatic heterocycles. The number of oxazole rings is 1. The quantitative estimate of drug-likeness (QED) is 0.449. The number of anilines is 1. The van der Waals surface area contributed by atoms with E-state index >= 15 is 0 Å². The summed E-state index contributed by atoms with van der Waals surface area (Å²) in [6, 6.07) is 15.8. The van der Waals surface area contributed by atoms with Gasteiger partial charge in [-0.25, -0.2) is 0 Å². The first-order chi connectivity index (χ1) is 15.6. The van der Waals surface area contributed by atoms with Crippen LogP contribution in [0.15, 0.2) is 62.9 Å². The van der Waals surface area contributed by atoms with Gasteiger partial charge < -0.3 is 18.6 Å². The Balaban J connectivity index is 1.31. The van der Waals surface area contributed by atoms with E-state index in [1.165, 1.54) is 23.2 Å². The van der Waals surface area contributed by atoms with Crippen LogP contribution in [0.2, 0.25) is 0 Å². The number of nitriles is 1. The van der Waals surface area contributed by atoms with Gasteiger partial charge in [-0.05, 0) is 36.1 Å². The maximum Gasteiger partial charge on any atom is 0.266 e. The molecule has 1 aromatic carbocycles. The first kappa shape index (κ1) is 20.1. The molecule has 1 fully saturated rings. The Hall–Kier alpha value is -3.83. The fourth-order valence-corrected chi connectivity index (χ4v) is 4.68. The van der Waals surface area contributed by atoms with Crippen molar-refractivity contribution in [2.75, 3.05) is 31.1 Å².